The lowest BCUT2D eigenvalue weighted by molar-refractivity contribution is -0.177. The lowest BCUT2D eigenvalue weighted by atomic mass is 9.87. The van der Waals surface area contributed by atoms with Crippen LogP contribution in [-0.2, 0) is 22.6 Å². The summed E-state index contributed by atoms with van der Waals surface area (Å²) in [4.78, 5) is 0. The topological polar surface area (TPSA) is 39.7 Å². The SMILES string of the molecule is CC(C)OC1c2cc(NCc3cccc(Cl)c3)ccc2OC(C)(C)C1OCc1cccc(Cl)c1. The van der Waals surface area contributed by atoms with E-state index in [1.165, 1.54) is 0 Å². The molecule has 2 atom stereocenters. The van der Waals surface area contributed by atoms with Gasteiger partial charge in [0.05, 0.1) is 12.7 Å². The van der Waals surface area contributed by atoms with Crippen molar-refractivity contribution in [2.45, 2.75) is 64.8 Å². The number of ether oxygens (including phenoxy) is 3. The second kappa shape index (κ2) is 10.6. The quantitative estimate of drug-likeness (QED) is 0.342. The molecular formula is C28H31Cl2NO3. The van der Waals surface area contributed by atoms with Crippen molar-refractivity contribution in [3.63, 3.8) is 0 Å². The minimum absolute atomic E-state index is 0.0205. The molecule has 2 unspecified atom stereocenters. The Morgan fingerprint density at radius 1 is 0.941 bits per heavy atom. The van der Waals surface area contributed by atoms with Gasteiger partial charge in [-0.2, -0.15) is 0 Å². The molecule has 0 saturated heterocycles. The third-order valence-electron chi connectivity index (χ3n) is 5.77. The molecular weight excluding hydrogens is 469 g/mol. The fraction of sp³-hybridized carbons (Fsp3) is 0.357. The Bertz CT molecular complexity index is 1130. The van der Waals surface area contributed by atoms with E-state index < -0.39 is 5.60 Å². The Kier molecular flexibility index (Phi) is 7.73. The number of benzene rings is 3. The summed E-state index contributed by atoms with van der Waals surface area (Å²) in [6, 6.07) is 21.7. The standard InChI is InChI=1S/C28H31Cl2NO3/c1-18(2)33-26-24-15-23(31-16-19-7-5-9-21(29)13-19)11-12-25(24)34-28(3,4)27(26)32-17-20-8-6-10-22(30)14-20/h5-15,18,26-27,31H,16-17H2,1-4H3. The van der Waals surface area contributed by atoms with E-state index in [1.807, 2.05) is 88.4 Å². The van der Waals surface area contributed by atoms with E-state index in [-0.39, 0.29) is 18.3 Å². The molecule has 3 aromatic carbocycles. The van der Waals surface area contributed by atoms with Crippen molar-refractivity contribution in [1.82, 2.24) is 0 Å². The fourth-order valence-electron chi connectivity index (χ4n) is 4.23. The summed E-state index contributed by atoms with van der Waals surface area (Å²) in [6.07, 6.45) is -0.581. The molecule has 4 rings (SSSR count). The molecule has 0 radical (unpaired) electrons. The normalized spacial score (nSPS) is 18.9. The van der Waals surface area contributed by atoms with Crippen molar-refractivity contribution >= 4 is 28.9 Å². The first-order valence-electron chi connectivity index (χ1n) is 11.5. The van der Waals surface area contributed by atoms with E-state index in [2.05, 4.69) is 11.4 Å². The average molecular weight is 500 g/mol. The molecule has 0 amide bonds. The highest BCUT2D eigenvalue weighted by molar-refractivity contribution is 6.30. The Balaban J connectivity index is 1.59. The number of nitrogens with one attached hydrogen (secondary N) is 1. The monoisotopic (exact) mass is 499 g/mol. The van der Waals surface area contributed by atoms with Crippen LogP contribution in [0.4, 0.5) is 5.69 Å². The Morgan fingerprint density at radius 2 is 1.62 bits per heavy atom. The lowest BCUT2D eigenvalue weighted by Gasteiger charge is -2.45. The van der Waals surface area contributed by atoms with Gasteiger partial charge in [0.1, 0.15) is 23.6 Å². The highest BCUT2D eigenvalue weighted by Gasteiger charge is 2.46. The van der Waals surface area contributed by atoms with Crippen LogP contribution in [0.2, 0.25) is 10.0 Å². The second-order valence-electron chi connectivity index (χ2n) is 9.41. The molecule has 0 fully saturated rings. The van der Waals surface area contributed by atoms with Crippen molar-refractivity contribution in [3.05, 3.63) is 93.5 Å². The Labute approximate surface area is 212 Å². The van der Waals surface area contributed by atoms with Gasteiger partial charge in [-0.1, -0.05) is 47.5 Å². The number of halogens is 2. The molecule has 0 spiro atoms. The maximum absolute atomic E-state index is 6.45. The maximum atomic E-state index is 6.45. The molecule has 34 heavy (non-hydrogen) atoms. The van der Waals surface area contributed by atoms with Crippen LogP contribution >= 0.6 is 23.2 Å². The molecule has 0 saturated carbocycles. The van der Waals surface area contributed by atoms with Crippen molar-refractivity contribution < 1.29 is 14.2 Å². The van der Waals surface area contributed by atoms with Crippen LogP contribution in [0.1, 0.15) is 50.5 Å². The molecule has 1 N–H and O–H groups in total. The number of anilines is 1. The van der Waals surface area contributed by atoms with Gasteiger partial charge in [0.2, 0.25) is 0 Å². The van der Waals surface area contributed by atoms with Crippen molar-refractivity contribution in [2.24, 2.45) is 0 Å². The zero-order chi connectivity index (χ0) is 24.3. The summed E-state index contributed by atoms with van der Waals surface area (Å²) in [7, 11) is 0. The molecule has 3 aromatic rings. The molecule has 0 aromatic heterocycles. The summed E-state index contributed by atoms with van der Waals surface area (Å²) in [5, 5.41) is 4.90. The first-order chi connectivity index (χ1) is 16.2. The van der Waals surface area contributed by atoms with Crippen LogP contribution in [0, 0.1) is 0 Å². The van der Waals surface area contributed by atoms with Gasteiger partial charge in [-0.25, -0.2) is 0 Å². The van der Waals surface area contributed by atoms with Gasteiger partial charge in [-0.05, 0) is 81.3 Å². The zero-order valence-electron chi connectivity index (χ0n) is 20.0. The van der Waals surface area contributed by atoms with Crippen LogP contribution in [0.15, 0.2) is 66.7 Å². The second-order valence-corrected chi connectivity index (χ2v) is 10.3. The Hall–Kier alpha value is -2.24. The largest absolute Gasteiger partial charge is 0.485 e. The predicted molar refractivity (Wildman–Crippen MR) is 139 cm³/mol. The van der Waals surface area contributed by atoms with Crippen LogP contribution < -0.4 is 10.1 Å². The van der Waals surface area contributed by atoms with E-state index in [4.69, 9.17) is 37.4 Å². The summed E-state index contributed by atoms with van der Waals surface area (Å²) >= 11 is 12.3. The van der Waals surface area contributed by atoms with Gasteiger partial charge in [0, 0.05) is 27.8 Å². The molecule has 0 aliphatic carbocycles. The fourth-order valence-corrected chi connectivity index (χ4v) is 4.66. The van der Waals surface area contributed by atoms with Crippen LogP contribution in [0.25, 0.3) is 0 Å². The average Bonchev–Trinajstić information content (AvgIpc) is 2.77. The van der Waals surface area contributed by atoms with Crippen LogP contribution in [-0.4, -0.2) is 17.8 Å². The minimum Gasteiger partial charge on any atom is -0.485 e. The number of rotatable bonds is 8. The van der Waals surface area contributed by atoms with E-state index >= 15 is 0 Å². The van der Waals surface area contributed by atoms with E-state index in [1.54, 1.807) is 0 Å². The first-order valence-corrected chi connectivity index (χ1v) is 12.3. The summed E-state index contributed by atoms with van der Waals surface area (Å²) in [6.45, 7) is 9.24. The van der Waals surface area contributed by atoms with Crippen molar-refractivity contribution in [3.8, 4) is 5.75 Å². The number of fused-ring (bicyclic) bond motifs is 1. The molecule has 6 heteroatoms. The molecule has 180 valence electrons. The van der Waals surface area contributed by atoms with E-state index in [0.29, 0.717) is 18.2 Å². The van der Waals surface area contributed by atoms with Crippen LogP contribution in [0.3, 0.4) is 0 Å². The zero-order valence-corrected chi connectivity index (χ0v) is 21.5. The van der Waals surface area contributed by atoms with Gasteiger partial charge < -0.3 is 19.5 Å². The highest BCUT2D eigenvalue weighted by atomic mass is 35.5. The Morgan fingerprint density at radius 3 is 2.29 bits per heavy atom. The summed E-state index contributed by atoms with van der Waals surface area (Å²) in [5.74, 6) is 0.812. The summed E-state index contributed by atoms with van der Waals surface area (Å²) < 4.78 is 19.3. The van der Waals surface area contributed by atoms with Gasteiger partial charge in [0.15, 0.2) is 0 Å². The highest BCUT2D eigenvalue weighted by Crippen LogP contribution is 2.45. The van der Waals surface area contributed by atoms with Crippen molar-refractivity contribution in [1.29, 1.82) is 0 Å². The lowest BCUT2D eigenvalue weighted by Crippen LogP contribution is -2.51. The molecule has 1 aliphatic rings. The molecule has 1 aliphatic heterocycles. The predicted octanol–water partition coefficient (Wildman–Crippen LogP) is 7.83. The summed E-state index contributed by atoms with van der Waals surface area (Å²) in [5.41, 5.74) is 3.49. The van der Waals surface area contributed by atoms with Gasteiger partial charge >= 0.3 is 0 Å². The molecule has 4 nitrogen and oxygen atoms in total. The third kappa shape index (κ3) is 6.05. The molecule has 1 heterocycles. The molecule has 0 bridgehead atoms. The van der Waals surface area contributed by atoms with Crippen molar-refractivity contribution in [2.75, 3.05) is 5.32 Å². The van der Waals surface area contributed by atoms with Gasteiger partial charge in [-0.3, -0.25) is 0 Å². The van der Waals surface area contributed by atoms with Gasteiger partial charge in [0.25, 0.3) is 0 Å². The maximum Gasteiger partial charge on any atom is 0.132 e. The van der Waals surface area contributed by atoms with Crippen LogP contribution in [0.5, 0.6) is 5.75 Å². The third-order valence-corrected chi connectivity index (χ3v) is 6.24. The number of hydrogen-bond donors (Lipinski definition) is 1. The number of hydrogen-bond acceptors (Lipinski definition) is 4. The smallest absolute Gasteiger partial charge is 0.132 e. The first kappa shape index (κ1) is 24.9. The minimum atomic E-state index is -0.582. The van der Waals surface area contributed by atoms with Gasteiger partial charge in [-0.15, -0.1) is 0 Å². The van der Waals surface area contributed by atoms with E-state index in [0.717, 1.165) is 33.1 Å². The van der Waals surface area contributed by atoms with E-state index in [9.17, 15) is 0 Å².